The zero-order chi connectivity index (χ0) is 18.3. The van der Waals surface area contributed by atoms with Gasteiger partial charge < -0.3 is 14.8 Å². The Hall–Kier alpha value is -2.89. The molecule has 1 N–H and O–H groups in total. The number of aromatic nitrogens is 3. The van der Waals surface area contributed by atoms with Gasteiger partial charge >= 0.3 is 0 Å². The lowest BCUT2D eigenvalue weighted by molar-refractivity contribution is 0.0724. The maximum absolute atomic E-state index is 13.1. The quantitative estimate of drug-likeness (QED) is 0.788. The van der Waals surface area contributed by atoms with Crippen LogP contribution in [0.25, 0.3) is 11.0 Å². The first-order chi connectivity index (χ1) is 12.5. The highest BCUT2D eigenvalue weighted by atomic mass is 16.2. The number of H-pyrrole nitrogens is 1. The average Bonchev–Trinajstić information content (AvgIpc) is 3.27. The summed E-state index contributed by atoms with van der Waals surface area (Å²) in [6.07, 6.45) is 3.58. The van der Waals surface area contributed by atoms with Gasteiger partial charge in [0.05, 0.1) is 17.1 Å². The molecule has 1 fully saturated rings. The summed E-state index contributed by atoms with van der Waals surface area (Å²) in [6, 6.07) is 9.89. The number of rotatable bonds is 3. The van der Waals surface area contributed by atoms with E-state index in [9.17, 15) is 4.79 Å². The van der Waals surface area contributed by atoms with Gasteiger partial charge in [-0.25, -0.2) is 4.98 Å². The number of carbonyl (C=O) groups excluding carboxylic acids is 1. The molecule has 1 amide bonds. The number of aromatic amines is 1. The van der Waals surface area contributed by atoms with E-state index in [4.69, 9.17) is 4.98 Å². The third-order valence-electron chi connectivity index (χ3n) is 4.96. The van der Waals surface area contributed by atoms with Crippen LogP contribution in [0.5, 0.6) is 0 Å². The highest BCUT2D eigenvalue weighted by Gasteiger charge is 2.33. The molecule has 0 spiro atoms. The second-order valence-corrected chi connectivity index (χ2v) is 7.09. The van der Waals surface area contributed by atoms with E-state index in [2.05, 4.69) is 29.0 Å². The van der Waals surface area contributed by atoms with Gasteiger partial charge in [-0.2, -0.15) is 0 Å². The summed E-state index contributed by atoms with van der Waals surface area (Å²) < 4.78 is 0. The number of fused-ring (bicyclic) bond motifs is 1. The molecule has 1 aromatic carbocycles. The van der Waals surface area contributed by atoms with Crippen molar-refractivity contribution in [3.63, 3.8) is 0 Å². The molecule has 134 valence electrons. The first kappa shape index (κ1) is 16.6. The summed E-state index contributed by atoms with van der Waals surface area (Å²) in [4.78, 5) is 29.4. The van der Waals surface area contributed by atoms with Crippen LogP contribution in [0.15, 0.2) is 36.5 Å². The van der Waals surface area contributed by atoms with Gasteiger partial charge in [-0.1, -0.05) is 6.07 Å². The number of benzene rings is 1. The Bertz CT molecular complexity index is 962. The molecule has 3 heterocycles. The fourth-order valence-corrected chi connectivity index (χ4v) is 3.56. The Labute approximate surface area is 152 Å². The normalized spacial score (nSPS) is 17.0. The third kappa shape index (κ3) is 2.92. The topological polar surface area (TPSA) is 65.1 Å². The predicted molar refractivity (Wildman–Crippen MR) is 102 cm³/mol. The number of imidazole rings is 1. The maximum atomic E-state index is 13.1. The molecule has 0 saturated carbocycles. The molecule has 0 bridgehead atoms. The van der Waals surface area contributed by atoms with Gasteiger partial charge in [-0.15, -0.1) is 0 Å². The summed E-state index contributed by atoms with van der Waals surface area (Å²) >= 11 is 0. The molecule has 6 nitrogen and oxygen atoms in total. The smallest absolute Gasteiger partial charge is 0.273 e. The van der Waals surface area contributed by atoms with Crippen molar-refractivity contribution >= 4 is 22.6 Å². The number of anilines is 1. The standard InChI is InChI=1S/C20H23N5O/c1-13-6-7-15-16(11-13)23-19(22-15)18-5-4-10-25(18)20(26)17-12-14(24(2)3)8-9-21-17/h6-9,11-12,18H,4-5,10H2,1-3H3,(H,22,23)/t18-/m0/s1. The van der Waals surface area contributed by atoms with Crippen molar-refractivity contribution in [1.29, 1.82) is 0 Å². The second kappa shape index (κ2) is 6.44. The monoisotopic (exact) mass is 349 g/mol. The van der Waals surface area contributed by atoms with Crippen molar-refractivity contribution in [2.45, 2.75) is 25.8 Å². The number of nitrogens with zero attached hydrogens (tertiary/aromatic N) is 4. The molecule has 1 saturated heterocycles. The molecule has 0 radical (unpaired) electrons. The van der Waals surface area contributed by atoms with Crippen LogP contribution in [-0.2, 0) is 0 Å². The average molecular weight is 349 g/mol. The number of likely N-dealkylation sites (tertiary alicyclic amines) is 1. The van der Waals surface area contributed by atoms with Crippen LogP contribution in [0, 0.1) is 6.92 Å². The zero-order valence-corrected chi connectivity index (χ0v) is 15.4. The molecule has 0 unspecified atom stereocenters. The predicted octanol–water partition coefficient (Wildman–Crippen LogP) is 3.31. The van der Waals surface area contributed by atoms with Crippen molar-refractivity contribution in [1.82, 2.24) is 19.9 Å². The largest absolute Gasteiger partial charge is 0.378 e. The van der Waals surface area contributed by atoms with E-state index in [0.29, 0.717) is 5.69 Å². The minimum Gasteiger partial charge on any atom is -0.378 e. The molecule has 26 heavy (non-hydrogen) atoms. The fraction of sp³-hybridized carbons (Fsp3) is 0.350. The van der Waals surface area contributed by atoms with Gasteiger partial charge in [-0.3, -0.25) is 9.78 Å². The van der Waals surface area contributed by atoms with Gasteiger partial charge in [0, 0.05) is 32.5 Å². The van der Waals surface area contributed by atoms with E-state index >= 15 is 0 Å². The molecule has 1 aliphatic heterocycles. The van der Waals surface area contributed by atoms with Crippen molar-refractivity contribution in [3.05, 3.63) is 53.6 Å². The number of nitrogens with one attached hydrogen (secondary N) is 1. The number of aryl methyl sites for hydroxylation is 1. The van der Waals surface area contributed by atoms with Crippen molar-refractivity contribution in [3.8, 4) is 0 Å². The van der Waals surface area contributed by atoms with E-state index in [0.717, 1.165) is 41.9 Å². The Balaban J connectivity index is 1.65. The van der Waals surface area contributed by atoms with Crippen LogP contribution in [0.1, 0.15) is 40.8 Å². The molecule has 1 atom stereocenters. The molecule has 1 aliphatic rings. The van der Waals surface area contributed by atoms with E-state index in [1.807, 2.05) is 42.1 Å². The lowest BCUT2D eigenvalue weighted by atomic mass is 10.2. The summed E-state index contributed by atoms with van der Waals surface area (Å²) in [7, 11) is 3.91. The molecule has 6 heteroatoms. The van der Waals surface area contributed by atoms with Crippen molar-refractivity contribution in [2.75, 3.05) is 25.5 Å². The summed E-state index contributed by atoms with van der Waals surface area (Å²) in [6.45, 7) is 2.79. The van der Waals surface area contributed by atoms with E-state index in [1.165, 1.54) is 5.56 Å². The fourth-order valence-electron chi connectivity index (χ4n) is 3.56. The number of carbonyl (C=O) groups is 1. The molecule has 0 aliphatic carbocycles. The Morgan fingerprint density at radius 2 is 2.12 bits per heavy atom. The summed E-state index contributed by atoms with van der Waals surface area (Å²) in [5.41, 5.74) is 4.61. The molecular weight excluding hydrogens is 326 g/mol. The molecular formula is C20H23N5O. The molecule has 4 rings (SSSR count). The summed E-state index contributed by atoms with van der Waals surface area (Å²) in [5.74, 6) is 0.827. The second-order valence-electron chi connectivity index (χ2n) is 7.09. The highest BCUT2D eigenvalue weighted by Crippen LogP contribution is 2.32. The van der Waals surface area contributed by atoms with Crippen molar-refractivity contribution in [2.24, 2.45) is 0 Å². The van der Waals surface area contributed by atoms with E-state index in [-0.39, 0.29) is 11.9 Å². The van der Waals surface area contributed by atoms with Crippen molar-refractivity contribution < 1.29 is 4.79 Å². The first-order valence-electron chi connectivity index (χ1n) is 8.93. The molecule has 2 aromatic heterocycles. The number of amides is 1. The zero-order valence-electron chi connectivity index (χ0n) is 15.4. The first-order valence-corrected chi connectivity index (χ1v) is 8.93. The van der Waals surface area contributed by atoms with Crippen LogP contribution in [0.4, 0.5) is 5.69 Å². The van der Waals surface area contributed by atoms with Crippen LogP contribution in [-0.4, -0.2) is 46.4 Å². The van der Waals surface area contributed by atoms with E-state index < -0.39 is 0 Å². The number of hydrogen-bond donors (Lipinski definition) is 1. The summed E-state index contributed by atoms with van der Waals surface area (Å²) in [5, 5.41) is 0. The minimum absolute atomic E-state index is 0.0278. The number of pyridine rings is 1. The Morgan fingerprint density at radius 1 is 1.27 bits per heavy atom. The molecule has 3 aromatic rings. The highest BCUT2D eigenvalue weighted by molar-refractivity contribution is 5.93. The SMILES string of the molecule is Cc1ccc2nc([C@@H]3CCCN3C(=O)c3cc(N(C)C)ccn3)[nH]c2c1. The lowest BCUT2D eigenvalue weighted by Crippen LogP contribution is -2.31. The lowest BCUT2D eigenvalue weighted by Gasteiger charge is -2.23. The Kier molecular flexibility index (Phi) is 4.11. The van der Waals surface area contributed by atoms with E-state index in [1.54, 1.807) is 6.20 Å². The minimum atomic E-state index is -0.0344. The van der Waals surface area contributed by atoms with Crippen LogP contribution >= 0.6 is 0 Å². The van der Waals surface area contributed by atoms with Crippen LogP contribution < -0.4 is 4.90 Å². The van der Waals surface area contributed by atoms with Crippen LogP contribution in [0.3, 0.4) is 0 Å². The van der Waals surface area contributed by atoms with Gasteiger partial charge in [0.1, 0.15) is 11.5 Å². The number of hydrogen-bond acceptors (Lipinski definition) is 4. The van der Waals surface area contributed by atoms with Gasteiger partial charge in [0.25, 0.3) is 5.91 Å². The Morgan fingerprint density at radius 3 is 2.92 bits per heavy atom. The van der Waals surface area contributed by atoms with Gasteiger partial charge in [-0.05, 0) is 49.6 Å². The third-order valence-corrected chi connectivity index (χ3v) is 4.96. The maximum Gasteiger partial charge on any atom is 0.273 e. The van der Waals surface area contributed by atoms with Gasteiger partial charge in [0.15, 0.2) is 0 Å². The van der Waals surface area contributed by atoms with Crippen LogP contribution in [0.2, 0.25) is 0 Å². The van der Waals surface area contributed by atoms with Gasteiger partial charge in [0.2, 0.25) is 0 Å².